The predicted octanol–water partition coefficient (Wildman–Crippen LogP) is 3.78. The van der Waals surface area contributed by atoms with Gasteiger partial charge in [0.1, 0.15) is 6.54 Å². The maximum atomic E-state index is 12.9. The van der Waals surface area contributed by atoms with Crippen molar-refractivity contribution in [1.82, 2.24) is 5.32 Å². The average molecular weight is 298 g/mol. The Bertz CT molecular complexity index is 505. The van der Waals surface area contributed by atoms with Gasteiger partial charge >= 0.3 is 6.18 Å². The number of hydrogen-bond acceptors (Lipinski definition) is 2. The third-order valence-corrected chi connectivity index (χ3v) is 4.04. The van der Waals surface area contributed by atoms with Gasteiger partial charge in [0.2, 0.25) is 0 Å². The molecule has 0 atom stereocenters. The van der Waals surface area contributed by atoms with E-state index in [1.54, 1.807) is 4.90 Å². The maximum absolute atomic E-state index is 12.9. The monoisotopic (exact) mass is 298 g/mol. The molecule has 0 aliphatic heterocycles. The first kappa shape index (κ1) is 14.7. The number of anilines is 1. The molecular weight excluding hydrogens is 277 g/mol. The van der Waals surface area contributed by atoms with Gasteiger partial charge in [0.05, 0.1) is 0 Å². The molecule has 0 unspecified atom stereocenters. The quantitative estimate of drug-likeness (QED) is 0.860. The number of nitrogens with zero attached hydrogens (tertiary/aromatic N) is 1. The molecule has 2 nitrogen and oxygen atoms in total. The number of alkyl halides is 3. The van der Waals surface area contributed by atoms with Crippen LogP contribution in [0.1, 0.15) is 36.8 Å². The molecule has 2 aliphatic carbocycles. The normalized spacial score (nSPS) is 18.9. The van der Waals surface area contributed by atoms with Crippen LogP contribution >= 0.6 is 0 Å². The first-order chi connectivity index (χ1) is 9.92. The van der Waals surface area contributed by atoms with E-state index in [2.05, 4.69) is 5.32 Å². The zero-order chi connectivity index (χ0) is 15.0. The van der Waals surface area contributed by atoms with E-state index >= 15 is 0 Å². The summed E-state index contributed by atoms with van der Waals surface area (Å²) in [6, 6.07) is 6.37. The lowest BCUT2D eigenvalue weighted by molar-refractivity contribution is -0.120. The van der Waals surface area contributed by atoms with Crippen LogP contribution in [0.15, 0.2) is 18.2 Å². The Kier molecular flexibility index (Phi) is 3.86. The Balaban J connectivity index is 1.82. The van der Waals surface area contributed by atoms with E-state index in [-0.39, 0.29) is 6.04 Å². The van der Waals surface area contributed by atoms with Gasteiger partial charge in [-0.05, 0) is 44.2 Å². The number of aryl methyl sites for hydroxylation is 1. The second kappa shape index (κ2) is 5.52. The molecule has 2 aliphatic rings. The minimum atomic E-state index is -4.16. The van der Waals surface area contributed by atoms with E-state index in [0.717, 1.165) is 29.7 Å². The topological polar surface area (TPSA) is 15.3 Å². The lowest BCUT2D eigenvalue weighted by Gasteiger charge is -2.28. The van der Waals surface area contributed by atoms with Crippen molar-refractivity contribution in [2.24, 2.45) is 0 Å². The molecule has 21 heavy (non-hydrogen) atoms. The maximum Gasteiger partial charge on any atom is 0.405 e. The second-order valence-electron chi connectivity index (χ2n) is 6.26. The standard InChI is InChI=1S/C16H21F3N2/c1-11-2-7-15(12(8-11)9-20-13-3-4-13)21(14-5-6-14)10-16(17,18)19/h2,7-8,13-14,20H,3-6,9-10H2,1H3. The third-order valence-electron chi connectivity index (χ3n) is 4.04. The Labute approximate surface area is 123 Å². The van der Waals surface area contributed by atoms with Crippen molar-refractivity contribution in [2.45, 2.75) is 57.4 Å². The van der Waals surface area contributed by atoms with Crippen LogP contribution < -0.4 is 10.2 Å². The first-order valence-corrected chi connectivity index (χ1v) is 7.59. The lowest BCUT2D eigenvalue weighted by Crippen LogP contribution is -2.37. The van der Waals surface area contributed by atoms with Gasteiger partial charge in [-0.2, -0.15) is 13.2 Å². The Hall–Kier alpha value is -1.23. The van der Waals surface area contributed by atoms with Crippen LogP contribution in [0.5, 0.6) is 0 Å². The Morgan fingerprint density at radius 3 is 2.48 bits per heavy atom. The van der Waals surface area contributed by atoms with Crippen LogP contribution in [0.2, 0.25) is 0 Å². The SMILES string of the molecule is Cc1ccc(N(CC(F)(F)F)C2CC2)c(CNC2CC2)c1. The van der Waals surface area contributed by atoms with Crippen molar-refractivity contribution in [1.29, 1.82) is 0 Å². The molecule has 1 aromatic carbocycles. The lowest BCUT2D eigenvalue weighted by atomic mass is 10.1. The van der Waals surface area contributed by atoms with Gasteiger partial charge in [-0.1, -0.05) is 17.7 Å². The van der Waals surface area contributed by atoms with E-state index in [1.807, 2.05) is 25.1 Å². The minimum Gasteiger partial charge on any atom is -0.359 e. The summed E-state index contributed by atoms with van der Waals surface area (Å²) in [6.45, 7) is 1.79. The highest BCUT2D eigenvalue weighted by atomic mass is 19.4. The Morgan fingerprint density at radius 1 is 1.19 bits per heavy atom. The van der Waals surface area contributed by atoms with Crippen LogP contribution in [0.25, 0.3) is 0 Å². The smallest absolute Gasteiger partial charge is 0.359 e. The number of benzene rings is 1. The molecular formula is C16H21F3N2. The van der Waals surface area contributed by atoms with Crippen LogP contribution in [-0.2, 0) is 6.54 Å². The molecule has 0 aromatic heterocycles. The molecule has 1 aromatic rings. The van der Waals surface area contributed by atoms with Gasteiger partial charge in [-0.25, -0.2) is 0 Å². The molecule has 0 heterocycles. The summed E-state index contributed by atoms with van der Waals surface area (Å²) in [6.07, 6.45) is -0.0837. The number of halogens is 3. The highest BCUT2D eigenvalue weighted by molar-refractivity contribution is 5.57. The molecule has 0 bridgehead atoms. The molecule has 2 saturated carbocycles. The average Bonchev–Trinajstić information content (AvgIpc) is 3.26. The summed E-state index contributed by atoms with van der Waals surface area (Å²) in [7, 11) is 0. The van der Waals surface area contributed by atoms with Crippen molar-refractivity contribution in [3.63, 3.8) is 0 Å². The highest BCUT2D eigenvalue weighted by Crippen LogP contribution is 2.36. The predicted molar refractivity (Wildman–Crippen MR) is 77.5 cm³/mol. The molecule has 5 heteroatoms. The summed E-state index contributed by atoms with van der Waals surface area (Å²) in [5.74, 6) is 0. The van der Waals surface area contributed by atoms with Crippen LogP contribution in [-0.4, -0.2) is 24.8 Å². The number of rotatable bonds is 6. The number of nitrogens with one attached hydrogen (secondary N) is 1. The first-order valence-electron chi connectivity index (χ1n) is 7.59. The van der Waals surface area contributed by atoms with Gasteiger partial charge in [0.25, 0.3) is 0 Å². The molecule has 0 radical (unpaired) electrons. The van der Waals surface area contributed by atoms with Crippen LogP contribution in [0.3, 0.4) is 0 Å². The van der Waals surface area contributed by atoms with E-state index in [9.17, 15) is 13.2 Å². The van der Waals surface area contributed by atoms with E-state index in [4.69, 9.17) is 0 Å². The van der Waals surface area contributed by atoms with Crippen molar-refractivity contribution in [3.8, 4) is 0 Å². The van der Waals surface area contributed by atoms with Crippen molar-refractivity contribution in [3.05, 3.63) is 29.3 Å². The minimum absolute atomic E-state index is 0.0500. The molecule has 2 fully saturated rings. The fourth-order valence-corrected chi connectivity index (χ4v) is 2.67. The molecule has 3 rings (SSSR count). The van der Waals surface area contributed by atoms with E-state index in [1.165, 1.54) is 12.8 Å². The van der Waals surface area contributed by atoms with Gasteiger partial charge in [-0.15, -0.1) is 0 Å². The summed E-state index contributed by atoms with van der Waals surface area (Å²) < 4.78 is 38.6. The Morgan fingerprint density at radius 2 is 1.90 bits per heavy atom. The molecule has 1 N–H and O–H groups in total. The summed E-state index contributed by atoms with van der Waals surface area (Å²) >= 11 is 0. The summed E-state index contributed by atoms with van der Waals surface area (Å²) in [5.41, 5.74) is 2.82. The van der Waals surface area contributed by atoms with Gasteiger partial charge in [0.15, 0.2) is 0 Å². The molecule has 0 spiro atoms. The highest BCUT2D eigenvalue weighted by Gasteiger charge is 2.39. The van der Waals surface area contributed by atoms with Crippen molar-refractivity contribution >= 4 is 5.69 Å². The van der Waals surface area contributed by atoms with Gasteiger partial charge in [0, 0.05) is 24.3 Å². The molecule has 0 saturated heterocycles. The van der Waals surface area contributed by atoms with Crippen molar-refractivity contribution in [2.75, 3.05) is 11.4 Å². The third kappa shape index (κ3) is 4.13. The zero-order valence-corrected chi connectivity index (χ0v) is 12.2. The largest absolute Gasteiger partial charge is 0.405 e. The van der Waals surface area contributed by atoms with E-state index < -0.39 is 12.7 Å². The van der Waals surface area contributed by atoms with Crippen LogP contribution in [0, 0.1) is 6.92 Å². The number of hydrogen-bond donors (Lipinski definition) is 1. The fourth-order valence-electron chi connectivity index (χ4n) is 2.67. The molecule has 0 amide bonds. The second-order valence-corrected chi connectivity index (χ2v) is 6.26. The summed E-state index contributed by atoms with van der Waals surface area (Å²) in [4.78, 5) is 1.54. The zero-order valence-electron chi connectivity index (χ0n) is 12.2. The van der Waals surface area contributed by atoms with Crippen molar-refractivity contribution < 1.29 is 13.2 Å². The van der Waals surface area contributed by atoms with Gasteiger partial charge in [-0.3, -0.25) is 0 Å². The van der Waals surface area contributed by atoms with Gasteiger partial charge < -0.3 is 10.2 Å². The summed E-state index contributed by atoms with van der Waals surface area (Å²) in [5, 5.41) is 3.41. The fraction of sp³-hybridized carbons (Fsp3) is 0.625. The van der Waals surface area contributed by atoms with Crippen LogP contribution in [0.4, 0.5) is 18.9 Å². The van der Waals surface area contributed by atoms with E-state index in [0.29, 0.717) is 12.6 Å². The molecule has 116 valence electrons.